The van der Waals surface area contributed by atoms with Crippen molar-refractivity contribution in [2.45, 2.75) is 6.54 Å². The van der Waals surface area contributed by atoms with Crippen molar-refractivity contribution in [3.05, 3.63) is 63.3 Å². The van der Waals surface area contributed by atoms with Crippen molar-refractivity contribution in [3.8, 4) is 11.5 Å². The zero-order valence-corrected chi connectivity index (χ0v) is 16.0. The van der Waals surface area contributed by atoms with E-state index in [-0.39, 0.29) is 22.7 Å². The molecule has 3 rings (SSSR count). The minimum Gasteiger partial charge on any atom is -0.502 e. The van der Waals surface area contributed by atoms with E-state index in [4.69, 9.17) is 32.7 Å². The number of ether oxygens (including phenoxy) is 2. The Bertz CT molecular complexity index is 971. The Balaban J connectivity index is 1.92. The SMILES string of the molecule is COc1ccc(CN2C(=O)C(O)=C(c3ccc(Cl)cc3Cl)C2=O)cc1OC. The van der Waals surface area contributed by atoms with Crippen LogP contribution in [-0.4, -0.2) is 36.0 Å². The van der Waals surface area contributed by atoms with Gasteiger partial charge in [0.05, 0.1) is 31.4 Å². The Morgan fingerprint density at radius 3 is 2.30 bits per heavy atom. The van der Waals surface area contributed by atoms with E-state index in [2.05, 4.69) is 0 Å². The number of aliphatic hydroxyl groups excluding tert-OH is 1. The van der Waals surface area contributed by atoms with Gasteiger partial charge in [0.25, 0.3) is 11.8 Å². The highest BCUT2D eigenvalue weighted by atomic mass is 35.5. The van der Waals surface area contributed by atoms with Gasteiger partial charge in [-0.1, -0.05) is 35.3 Å². The Hall–Kier alpha value is -2.70. The molecule has 1 aliphatic rings. The van der Waals surface area contributed by atoms with Crippen molar-refractivity contribution < 1.29 is 24.2 Å². The van der Waals surface area contributed by atoms with Gasteiger partial charge in [-0.2, -0.15) is 0 Å². The van der Waals surface area contributed by atoms with Crippen LogP contribution >= 0.6 is 23.2 Å². The van der Waals surface area contributed by atoms with Gasteiger partial charge in [-0.15, -0.1) is 0 Å². The minimum atomic E-state index is -0.796. The van der Waals surface area contributed by atoms with E-state index in [0.29, 0.717) is 22.1 Å². The van der Waals surface area contributed by atoms with Gasteiger partial charge in [-0.25, -0.2) is 0 Å². The molecule has 0 radical (unpaired) electrons. The van der Waals surface area contributed by atoms with Gasteiger partial charge < -0.3 is 14.6 Å². The van der Waals surface area contributed by atoms with Crippen molar-refractivity contribution >= 4 is 40.6 Å². The first-order valence-electron chi connectivity index (χ1n) is 7.83. The molecule has 2 aromatic rings. The average molecular weight is 408 g/mol. The Morgan fingerprint density at radius 1 is 0.963 bits per heavy atom. The molecule has 27 heavy (non-hydrogen) atoms. The van der Waals surface area contributed by atoms with Crippen LogP contribution in [-0.2, 0) is 16.1 Å². The van der Waals surface area contributed by atoms with E-state index in [0.717, 1.165) is 4.90 Å². The third-order valence-electron chi connectivity index (χ3n) is 4.13. The van der Waals surface area contributed by atoms with E-state index >= 15 is 0 Å². The second-order valence-corrected chi connectivity index (χ2v) is 6.58. The molecular weight excluding hydrogens is 393 g/mol. The molecule has 6 nitrogen and oxygen atoms in total. The van der Waals surface area contributed by atoms with E-state index in [9.17, 15) is 14.7 Å². The maximum Gasteiger partial charge on any atom is 0.296 e. The van der Waals surface area contributed by atoms with Crippen molar-refractivity contribution in [1.82, 2.24) is 4.90 Å². The number of methoxy groups -OCH3 is 2. The molecule has 1 aliphatic heterocycles. The number of rotatable bonds is 5. The molecule has 0 saturated carbocycles. The molecule has 8 heteroatoms. The Labute approximate surface area is 165 Å². The third kappa shape index (κ3) is 3.46. The van der Waals surface area contributed by atoms with Crippen LogP contribution in [0.3, 0.4) is 0 Å². The van der Waals surface area contributed by atoms with Gasteiger partial charge in [-0.05, 0) is 29.8 Å². The number of carbonyl (C=O) groups is 2. The lowest BCUT2D eigenvalue weighted by atomic mass is 10.1. The highest BCUT2D eigenvalue weighted by molar-refractivity contribution is 6.40. The predicted molar refractivity (Wildman–Crippen MR) is 101 cm³/mol. The molecule has 0 aromatic heterocycles. The summed E-state index contributed by atoms with van der Waals surface area (Å²) in [6.07, 6.45) is 0. The van der Waals surface area contributed by atoms with Crippen LogP contribution in [0.4, 0.5) is 0 Å². The Morgan fingerprint density at radius 2 is 1.67 bits per heavy atom. The fourth-order valence-electron chi connectivity index (χ4n) is 2.80. The number of carbonyl (C=O) groups excluding carboxylic acids is 2. The fraction of sp³-hybridized carbons (Fsp3) is 0.158. The van der Waals surface area contributed by atoms with Gasteiger partial charge in [0.15, 0.2) is 17.3 Å². The number of aliphatic hydroxyl groups is 1. The summed E-state index contributed by atoms with van der Waals surface area (Å²) in [6.45, 7) is -0.0449. The van der Waals surface area contributed by atoms with E-state index < -0.39 is 17.6 Å². The molecule has 0 atom stereocenters. The van der Waals surface area contributed by atoms with Crippen LogP contribution in [0.2, 0.25) is 10.0 Å². The van der Waals surface area contributed by atoms with Crippen molar-refractivity contribution in [2.75, 3.05) is 14.2 Å². The lowest BCUT2D eigenvalue weighted by Gasteiger charge is -2.16. The molecule has 0 bridgehead atoms. The van der Waals surface area contributed by atoms with Gasteiger partial charge >= 0.3 is 0 Å². The van der Waals surface area contributed by atoms with Crippen LogP contribution in [0.1, 0.15) is 11.1 Å². The van der Waals surface area contributed by atoms with E-state index in [1.165, 1.54) is 32.4 Å². The predicted octanol–water partition coefficient (Wildman–Crippen LogP) is 3.85. The summed E-state index contributed by atoms with van der Waals surface area (Å²) in [5.74, 6) is -1.10. The quantitative estimate of drug-likeness (QED) is 0.761. The minimum absolute atomic E-state index is 0.0449. The zero-order chi connectivity index (χ0) is 19.7. The first kappa shape index (κ1) is 19.1. The summed E-state index contributed by atoms with van der Waals surface area (Å²) in [6, 6.07) is 9.48. The van der Waals surface area contributed by atoms with Gasteiger partial charge in [0.2, 0.25) is 0 Å². The highest BCUT2D eigenvalue weighted by Crippen LogP contribution is 2.35. The lowest BCUT2D eigenvalue weighted by Crippen LogP contribution is -2.31. The summed E-state index contributed by atoms with van der Waals surface area (Å²) in [5, 5.41) is 10.8. The Kier molecular flexibility index (Phi) is 5.30. The van der Waals surface area contributed by atoms with Crippen LogP contribution < -0.4 is 9.47 Å². The molecule has 2 aromatic carbocycles. The highest BCUT2D eigenvalue weighted by Gasteiger charge is 2.40. The number of hydrogen-bond donors (Lipinski definition) is 1. The molecule has 0 saturated heterocycles. The second-order valence-electron chi connectivity index (χ2n) is 5.73. The van der Waals surface area contributed by atoms with Crippen molar-refractivity contribution in [2.24, 2.45) is 0 Å². The number of nitrogens with zero attached hydrogens (tertiary/aromatic N) is 1. The number of imide groups is 1. The van der Waals surface area contributed by atoms with Crippen LogP contribution in [0, 0.1) is 0 Å². The monoisotopic (exact) mass is 407 g/mol. The summed E-state index contributed by atoms with van der Waals surface area (Å²) in [7, 11) is 3.00. The molecule has 1 N–H and O–H groups in total. The van der Waals surface area contributed by atoms with Crippen LogP contribution in [0.5, 0.6) is 11.5 Å². The molecule has 2 amide bonds. The maximum atomic E-state index is 12.8. The number of benzene rings is 2. The molecule has 0 aliphatic carbocycles. The van der Waals surface area contributed by atoms with E-state index in [1.54, 1.807) is 18.2 Å². The largest absolute Gasteiger partial charge is 0.502 e. The molecule has 0 unspecified atom stereocenters. The molecular formula is C19H15Cl2NO5. The van der Waals surface area contributed by atoms with Crippen molar-refractivity contribution in [3.63, 3.8) is 0 Å². The van der Waals surface area contributed by atoms with E-state index in [1.807, 2.05) is 0 Å². The first-order chi connectivity index (χ1) is 12.9. The second kappa shape index (κ2) is 7.50. The number of halogens is 2. The van der Waals surface area contributed by atoms with Crippen LogP contribution in [0.25, 0.3) is 5.57 Å². The van der Waals surface area contributed by atoms with Gasteiger partial charge in [0, 0.05) is 10.6 Å². The topological polar surface area (TPSA) is 76.1 Å². The average Bonchev–Trinajstić information content (AvgIpc) is 2.85. The molecule has 0 fully saturated rings. The molecule has 140 valence electrons. The van der Waals surface area contributed by atoms with Crippen molar-refractivity contribution in [1.29, 1.82) is 0 Å². The number of amides is 2. The normalized spacial score (nSPS) is 14.1. The summed E-state index contributed by atoms with van der Waals surface area (Å²) in [5.41, 5.74) is 0.722. The van der Waals surface area contributed by atoms with Gasteiger partial charge in [0.1, 0.15) is 0 Å². The smallest absolute Gasteiger partial charge is 0.296 e. The number of hydrogen-bond acceptors (Lipinski definition) is 5. The fourth-order valence-corrected chi connectivity index (χ4v) is 3.31. The first-order valence-corrected chi connectivity index (χ1v) is 8.58. The summed E-state index contributed by atoms with van der Waals surface area (Å²) < 4.78 is 10.4. The lowest BCUT2D eigenvalue weighted by molar-refractivity contribution is -0.138. The van der Waals surface area contributed by atoms with Gasteiger partial charge in [-0.3, -0.25) is 14.5 Å². The standard InChI is InChI=1S/C19H15Cl2NO5/c1-26-14-6-3-10(7-15(14)27-2)9-22-18(24)16(17(23)19(22)25)12-5-4-11(20)8-13(12)21/h3-8,23H,9H2,1-2H3. The zero-order valence-electron chi connectivity index (χ0n) is 14.5. The third-order valence-corrected chi connectivity index (χ3v) is 4.68. The van der Waals surface area contributed by atoms with Crippen LogP contribution in [0.15, 0.2) is 42.2 Å². The molecule has 0 spiro atoms. The summed E-state index contributed by atoms with van der Waals surface area (Å²) >= 11 is 12.0. The molecule has 1 heterocycles. The summed E-state index contributed by atoms with van der Waals surface area (Å²) in [4.78, 5) is 26.2. The maximum absolute atomic E-state index is 12.8.